The Labute approximate surface area is 113 Å². The molecule has 1 rings (SSSR count). The summed E-state index contributed by atoms with van der Waals surface area (Å²) in [7, 11) is 0. The van der Waals surface area contributed by atoms with Gasteiger partial charge in [-0.25, -0.2) is 0 Å². The summed E-state index contributed by atoms with van der Waals surface area (Å²) in [5.41, 5.74) is 6.12. The fourth-order valence-corrected chi connectivity index (χ4v) is 1.77. The van der Waals surface area contributed by atoms with Crippen LogP contribution in [-0.4, -0.2) is 16.9 Å². The van der Waals surface area contributed by atoms with Crippen LogP contribution < -0.4 is 11.1 Å². The minimum atomic E-state index is -0.497. The molecule has 1 aromatic carbocycles. The summed E-state index contributed by atoms with van der Waals surface area (Å²) >= 11 is 3.18. The fraction of sp³-hybridized carbons (Fsp3) is 0.364. The Bertz CT molecular complexity index is 465. The quantitative estimate of drug-likeness (QED) is 0.644. The fourth-order valence-electron chi connectivity index (χ4n) is 1.30. The molecule has 1 aromatic rings. The van der Waals surface area contributed by atoms with Gasteiger partial charge >= 0.3 is 0 Å². The molecule has 0 radical (unpaired) electrons. The monoisotopic (exact) mass is 315 g/mol. The number of nitrogens with zero attached hydrogens (tertiary/aromatic N) is 1. The number of anilines is 1. The Kier molecular flexibility index (Phi) is 5.24. The number of halogens is 1. The van der Waals surface area contributed by atoms with Gasteiger partial charge in [-0.1, -0.05) is 6.92 Å². The van der Waals surface area contributed by atoms with E-state index in [4.69, 9.17) is 5.73 Å². The second-order valence-electron chi connectivity index (χ2n) is 3.84. The van der Waals surface area contributed by atoms with E-state index in [1.54, 1.807) is 0 Å². The molecule has 18 heavy (non-hydrogen) atoms. The molecule has 0 fully saturated rings. The Morgan fingerprint density at radius 1 is 1.61 bits per heavy atom. The lowest BCUT2D eigenvalue weighted by atomic mass is 10.1. The van der Waals surface area contributed by atoms with Crippen LogP contribution in [0.3, 0.4) is 0 Å². The van der Waals surface area contributed by atoms with Crippen molar-refractivity contribution < 1.29 is 9.72 Å². The smallest absolute Gasteiger partial charge is 0.270 e. The van der Waals surface area contributed by atoms with Gasteiger partial charge in [-0.05, 0) is 28.4 Å². The number of rotatable bonds is 5. The summed E-state index contributed by atoms with van der Waals surface area (Å²) < 4.78 is 0.468. The third-order valence-electron chi connectivity index (χ3n) is 2.41. The van der Waals surface area contributed by atoms with Crippen molar-refractivity contribution in [3.8, 4) is 0 Å². The zero-order chi connectivity index (χ0) is 13.7. The lowest BCUT2D eigenvalue weighted by Crippen LogP contribution is -2.26. The molecule has 1 atom stereocenters. The van der Waals surface area contributed by atoms with Crippen molar-refractivity contribution in [2.45, 2.75) is 25.8 Å². The van der Waals surface area contributed by atoms with Crippen molar-refractivity contribution in [2.75, 3.05) is 5.32 Å². The van der Waals surface area contributed by atoms with Crippen molar-refractivity contribution in [3.05, 3.63) is 32.8 Å². The zero-order valence-electron chi connectivity index (χ0n) is 9.85. The van der Waals surface area contributed by atoms with Crippen LogP contribution in [0, 0.1) is 10.1 Å². The van der Waals surface area contributed by atoms with Crippen LogP contribution in [0.1, 0.15) is 19.8 Å². The Hall–Kier alpha value is -1.47. The van der Waals surface area contributed by atoms with Crippen molar-refractivity contribution in [1.29, 1.82) is 0 Å². The van der Waals surface area contributed by atoms with Gasteiger partial charge in [0.2, 0.25) is 5.91 Å². The standard InChI is InChI=1S/C11H14BrN3O3/c1-2-7(13)5-11(16)14-10-4-3-8(15(17)18)6-9(10)12/h3-4,6-7H,2,5,13H2,1H3,(H,14,16). The predicted molar refractivity (Wildman–Crippen MR) is 72.3 cm³/mol. The van der Waals surface area contributed by atoms with Crippen molar-refractivity contribution >= 4 is 33.2 Å². The average Bonchev–Trinajstić information content (AvgIpc) is 2.31. The highest BCUT2D eigenvalue weighted by molar-refractivity contribution is 9.10. The third kappa shape index (κ3) is 4.08. The van der Waals surface area contributed by atoms with Crippen LogP contribution in [0.2, 0.25) is 0 Å². The maximum Gasteiger partial charge on any atom is 0.270 e. The second kappa shape index (κ2) is 6.46. The molecule has 98 valence electrons. The lowest BCUT2D eigenvalue weighted by molar-refractivity contribution is -0.384. The number of benzene rings is 1. The van der Waals surface area contributed by atoms with Crippen LogP contribution in [-0.2, 0) is 4.79 Å². The van der Waals surface area contributed by atoms with Crippen LogP contribution in [0.4, 0.5) is 11.4 Å². The molecule has 0 saturated carbocycles. The van der Waals surface area contributed by atoms with Crippen LogP contribution in [0.25, 0.3) is 0 Å². The van der Waals surface area contributed by atoms with Crippen LogP contribution in [0.5, 0.6) is 0 Å². The Balaban J connectivity index is 2.74. The molecule has 0 aliphatic rings. The molecule has 0 heterocycles. The minimum Gasteiger partial charge on any atom is -0.327 e. The normalized spacial score (nSPS) is 11.9. The lowest BCUT2D eigenvalue weighted by Gasteiger charge is -2.10. The van der Waals surface area contributed by atoms with Gasteiger partial charge in [-0.15, -0.1) is 0 Å². The molecular formula is C11H14BrN3O3. The van der Waals surface area contributed by atoms with Gasteiger partial charge in [-0.3, -0.25) is 14.9 Å². The maximum atomic E-state index is 11.6. The number of nitro benzene ring substituents is 1. The molecule has 6 nitrogen and oxygen atoms in total. The number of nitrogens with two attached hydrogens (primary N) is 1. The summed E-state index contributed by atoms with van der Waals surface area (Å²) in [5, 5.41) is 13.2. The maximum absolute atomic E-state index is 11.6. The Morgan fingerprint density at radius 2 is 2.28 bits per heavy atom. The third-order valence-corrected chi connectivity index (χ3v) is 3.07. The number of hydrogen-bond acceptors (Lipinski definition) is 4. The summed E-state index contributed by atoms with van der Waals surface area (Å²) in [5.74, 6) is -0.209. The molecule has 7 heteroatoms. The van der Waals surface area contributed by atoms with E-state index in [0.29, 0.717) is 10.2 Å². The van der Waals surface area contributed by atoms with Gasteiger partial charge in [0.25, 0.3) is 5.69 Å². The zero-order valence-corrected chi connectivity index (χ0v) is 11.4. The number of nitrogens with one attached hydrogen (secondary N) is 1. The number of amides is 1. The van der Waals surface area contributed by atoms with Gasteiger partial charge in [-0.2, -0.15) is 0 Å². The van der Waals surface area contributed by atoms with Gasteiger partial charge in [0.1, 0.15) is 0 Å². The molecule has 0 saturated heterocycles. The molecule has 1 unspecified atom stereocenters. The van der Waals surface area contributed by atoms with E-state index < -0.39 is 4.92 Å². The van der Waals surface area contributed by atoms with E-state index in [1.165, 1.54) is 18.2 Å². The first-order chi connectivity index (χ1) is 8.43. The van der Waals surface area contributed by atoms with E-state index in [9.17, 15) is 14.9 Å². The van der Waals surface area contributed by atoms with Crippen molar-refractivity contribution in [3.63, 3.8) is 0 Å². The number of non-ortho nitro benzene ring substituents is 1. The summed E-state index contributed by atoms with van der Waals surface area (Å²) in [4.78, 5) is 21.7. The summed E-state index contributed by atoms with van der Waals surface area (Å²) in [6.07, 6.45) is 0.939. The molecule has 0 spiro atoms. The highest BCUT2D eigenvalue weighted by Gasteiger charge is 2.12. The molecule has 0 aliphatic heterocycles. The number of carbonyl (C=O) groups is 1. The van der Waals surface area contributed by atoms with E-state index in [0.717, 1.165) is 6.42 Å². The van der Waals surface area contributed by atoms with Crippen LogP contribution >= 0.6 is 15.9 Å². The predicted octanol–water partition coefficient (Wildman–Crippen LogP) is 2.42. The molecule has 0 aromatic heterocycles. The first kappa shape index (κ1) is 14.6. The van der Waals surface area contributed by atoms with Gasteiger partial charge < -0.3 is 11.1 Å². The first-order valence-electron chi connectivity index (χ1n) is 5.43. The SMILES string of the molecule is CCC(N)CC(=O)Nc1ccc([N+](=O)[O-])cc1Br. The number of carbonyl (C=O) groups excluding carboxylic acids is 1. The van der Waals surface area contributed by atoms with Crippen LogP contribution in [0.15, 0.2) is 22.7 Å². The van der Waals surface area contributed by atoms with E-state index in [2.05, 4.69) is 21.2 Å². The second-order valence-corrected chi connectivity index (χ2v) is 4.70. The van der Waals surface area contributed by atoms with E-state index in [-0.39, 0.29) is 24.1 Å². The highest BCUT2D eigenvalue weighted by Crippen LogP contribution is 2.27. The van der Waals surface area contributed by atoms with Gasteiger partial charge in [0, 0.05) is 29.1 Å². The van der Waals surface area contributed by atoms with E-state index in [1.807, 2.05) is 6.92 Å². The largest absolute Gasteiger partial charge is 0.327 e. The molecule has 0 bridgehead atoms. The minimum absolute atomic E-state index is 0.0369. The number of nitro groups is 1. The molecule has 0 aliphatic carbocycles. The average molecular weight is 316 g/mol. The number of hydrogen-bond donors (Lipinski definition) is 2. The highest BCUT2D eigenvalue weighted by atomic mass is 79.9. The topological polar surface area (TPSA) is 98.3 Å². The van der Waals surface area contributed by atoms with Gasteiger partial charge in [0.15, 0.2) is 0 Å². The van der Waals surface area contributed by atoms with Crippen molar-refractivity contribution in [1.82, 2.24) is 0 Å². The molecule has 3 N–H and O–H groups in total. The van der Waals surface area contributed by atoms with E-state index >= 15 is 0 Å². The Morgan fingerprint density at radius 3 is 2.78 bits per heavy atom. The molecule has 1 amide bonds. The first-order valence-corrected chi connectivity index (χ1v) is 6.22. The summed E-state index contributed by atoms with van der Waals surface area (Å²) in [6, 6.07) is 3.98. The van der Waals surface area contributed by atoms with Crippen molar-refractivity contribution in [2.24, 2.45) is 5.73 Å². The molecular weight excluding hydrogens is 302 g/mol. The summed E-state index contributed by atoms with van der Waals surface area (Å²) in [6.45, 7) is 1.90. The van der Waals surface area contributed by atoms with Gasteiger partial charge in [0.05, 0.1) is 10.6 Å².